The van der Waals surface area contributed by atoms with Crippen LogP contribution in [0.2, 0.25) is 0 Å². The fourth-order valence-corrected chi connectivity index (χ4v) is 4.09. The minimum atomic E-state index is -0.282. The summed E-state index contributed by atoms with van der Waals surface area (Å²) in [5.74, 6) is 0.941. The largest absolute Gasteiger partial charge is 0.347 e. The van der Waals surface area contributed by atoms with Crippen molar-refractivity contribution in [2.75, 3.05) is 7.05 Å². The van der Waals surface area contributed by atoms with E-state index in [1.165, 1.54) is 5.56 Å². The lowest BCUT2D eigenvalue weighted by atomic mass is 10.1. The summed E-state index contributed by atoms with van der Waals surface area (Å²) in [7, 11) is 1.55. The SMILES string of the molecule is CNN=C(NP(C(C)C)C(C)C)c1ccc(C)cc1. The second-order valence-electron chi connectivity index (χ2n) is 5.26. The van der Waals surface area contributed by atoms with E-state index in [2.05, 4.69) is 74.5 Å². The zero-order chi connectivity index (χ0) is 14.4. The average Bonchev–Trinajstić information content (AvgIpc) is 2.34. The van der Waals surface area contributed by atoms with Crippen LogP contribution in [0.25, 0.3) is 0 Å². The van der Waals surface area contributed by atoms with Crippen LogP contribution >= 0.6 is 8.07 Å². The van der Waals surface area contributed by atoms with Gasteiger partial charge in [0.15, 0.2) is 5.84 Å². The van der Waals surface area contributed by atoms with Gasteiger partial charge in [0.25, 0.3) is 0 Å². The maximum Gasteiger partial charge on any atom is 0.156 e. The Morgan fingerprint density at radius 3 is 2.00 bits per heavy atom. The van der Waals surface area contributed by atoms with Crippen molar-refractivity contribution in [2.24, 2.45) is 5.10 Å². The van der Waals surface area contributed by atoms with Crippen molar-refractivity contribution < 1.29 is 0 Å². The first-order valence-electron chi connectivity index (χ1n) is 6.82. The number of hydrogen-bond donors (Lipinski definition) is 2. The first-order chi connectivity index (χ1) is 8.95. The number of rotatable bonds is 5. The van der Waals surface area contributed by atoms with Crippen molar-refractivity contribution in [1.29, 1.82) is 0 Å². The molecule has 0 spiro atoms. The summed E-state index contributed by atoms with van der Waals surface area (Å²) in [6.07, 6.45) is 0. The van der Waals surface area contributed by atoms with Crippen LogP contribution < -0.4 is 10.5 Å². The smallest absolute Gasteiger partial charge is 0.156 e. The third kappa shape index (κ3) is 4.83. The highest BCUT2D eigenvalue weighted by atomic mass is 31.1. The Labute approximate surface area is 118 Å². The Hall–Kier alpha value is -1.08. The van der Waals surface area contributed by atoms with Crippen LogP contribution in [0.3, 0.4) is 0 Å². The van der Waals surface area contributed by atoms with Gasteiger partial charge in [0.1, 0.15) is 0 Å². The van der Waals surface area contributed by atoms with Gasteiger partial charge in [-0.05, 0) is 26.3 Å². The Bertz CT molecular complexity index is 402. The lowest BCUT2D eigenvalue weighted by molar-refractivity contribution is 0.890. The zero-order valence-electron chi connectivity index (χ0n) is 12.9. The van der Waals surface area contributed by atoms with E-state index in [4.69, 9.17) is 0 Å². The lowest BCUT2D eigenvalue weighted by Gasteiger charge is -2.28. The summed E-state index contributed by atoms with van der Waals surface area (Å²) in [6, 6.07) is 8.48. The quantitative estimate of drug-likeness (QED) is 0.373. The third-order valence-corrected chi connectivity index (χ3v) is 5.59. The normalized spacial score (nSPS) is 12.4. The summed E-state index contributed by atoms with van der Waals surface area (Å²) in [4.78, 5) is 0. The summed E-state index contributed by atoms with van der Waals surface area (Å²) >= 11 is 0. The molecule has 0 bridgehead atoms. The summed E-state index contributed by atoms with van der Waals surface area (Å²) in [5.41, 5.74) is 6.55. The first-order valence-corrected chi connectivity index (χ1v) is 8.30. The van der Waals surface area contributed by atoms with Crippen molar-refractivity contribution in [1.82, 2.24) is 10.5 Å². The monoisotopic (exact) mass is 279 g/mol. The lowest BCUT2D eigenvalue weighted by Crippen LogP contribution is -2.27. The molecule has 3 nitrogen and oxygen atoms in total. The van der Waals surface area contributed by atoms with E-state index in [0.717, 1.165) is 11.4 Å². The van der Waals surface area contributed by atoms with Gasteiger partial charge in [-0.25, -0.2) is 0 Å². The highest BCUT2D eigenvalue weighted by Gasteiger charge is 2.19. The van der Waals surface area contributed by atoms with Crippen LogP contribution in [0.5, 0.6) is 0 Å². The fraction of sp³-hybridized carbons (Fsp3) is 0.533. The van der Waals surface area contributed by atoms with E-state index in [9.17, 15) is 0 Å². The van der Waals surface area contributed by atoms with E-state index in [1.54, 1.807) is 0 Å². The van der Waals surface area contributed by atoms with Crippen LogP contribution in [0.15, 0.2) is 29.4 Å². The van der Waals surface area contributed by atoms with E-state index >= 15 is 0 Å². The number of aryl methyl sites for hydroxylation is 1. The fourth-order valence-electron chi connectivity index (χ4n) is 1.95. The predicted molar refractivity (Wildman–Crippen MR) is 87.1 cm³/mol. The molecule has 106 valence electrons. The van der Waals surface area contributed by atoms with Crippen LogP contribution in [0.4, 0.5) is 0 Å². The molecule has 0 aliphatic heterocycles. The van der Waals surface area contributed by atoms with Gasteiger partial charge in [0, 0.05) is 12.6 Å². The van der Waals surface area contributed by atoms with Crippen molar-refractivity contribution in [3.63, 3.8) is 0 Å². The molecule has 4 heteroatoms. The molecule has 0 heterocycles. The molecule has 1 rings (SSSR count). The molecule has 0 aromatic heterocycles. The molecule has 1 aromatic carbocycles. The molecule has 1 aromatic rings. The molecular weight excluding hydrogens is 253 g/mol. The predicted octanol–water partition coefficient (Wildman–Crippen LogP) is 3.68. The van der Waals surface area contributed by atoms with E-state index in [1.807, 2.05) is 7.05 Å². The van der Waals surface area contributed by atoms with Gasteiger partial charge < -0.3 is 10.5 Å². The molecule has 0 saturated heterocycles. The maximum atomic E-state index is 4.40. The molecule has 0 unspecified atom stereocenters. The molecule has 0 aliphatic rings. The summed E-state index contributed by atoms with van der Waals surface area (Å²) in [5, 5.41) is 8.04. The van der Waals surface area contributed by atoms with E-state index < -0.39 is 0 Å². The Kier molecular flexibility index (Phi) is 6.30. The van der Waals surface area contributed by atoms with Gasteiger partial charge in [-0.2, -0.15) is 5.10 Å². The molecule has 0 atom stereocenters. The second kappa shape index (κ2) is 7.49. The minimum Gasteiger partial charge on any atom is -0.347 e. The summed E-state index contributed by atoms with van der Waals surface area (Å²) in [6.45, 7) is 11.2. The Morgan fingerprint density at radius 2 is 1.58 bits per heavy atom. The topological polar surface area (TPSA) is 36.4 Å². The van der Waals surface area contributed by atoms with Crippen molar-refractivity contribution >= 4 is 13.9 Å². The van der Waals surface area contributed by atoms with Crippen molar-refractivity contribution in [3.8, 4) is 0 Å². The number of benzene rings is 1. The first kappa shape index (κ1) is 16.0. The maximum absolute atomic E-state index is 4.40. The van der Waals surface area contributed by atoms with E-state index in [0.29, 0.717) is 11.3 Å². The van der Waals surface area contributed by atoms with E-state index in [-0.39, 0.29) is 8.07 Å². The van der Waals surface area contributed by atoms with Gasteiger partial charge in [-0.1, -0.05) is 57.5 Å². The van der Waals surface area contributed by atoms with Gasteiger partial charge in [-0.15, -0.1) is 0 Å². The summed E-state index contributed by atoms with van der Waals surface area (Å²) < 4.78 is 0. The number of hydrogen-bond acceptors (Lipinski definition) is 2. The number of nitrogens with zero attached hydrogens (tertiary/aromatic N) is 1. The van der Waals surface area contributed by atoms with Crippen LogP contribution in [-0.4, -0.2) is 24.2 Å². The van der Waals surface area contributed by atoms with Crippen LogP contribution in [0, 0.1) is 6.92 Å². The molecule has 0 aliphatic carbocycles. The highest BCUT2D eigenvalue weighted by Crippen LogP contribution is 2.41. The standard InChI is InChI=1S/C15H26N3P/c1-11(2)19(12(3)4)18-15(17-16-6)14-9-7-13(5)8-10-14/h7-12,16H,1-6H3,(H,17,18). The third-order valence-electron chi connectivity index (χ3n) is 2.90. The van der Waals surface area contributed by atoms with Crippen molar-refractivity contribution in [2.45, 2.75) is 45.9 Å². The number of hydrazone groups is 1. The molecule has 0 amide bonds. The minimum absolute atomic E-state index is 0.282. The number of nitrogens with one attached hydrogen (secondary N) is 2. The molecular formula is C15H26N3P. The molecule has 0 radical (unpaired) electrons. The molecule has 2 N–H and O–H groups in total. The molecule has 0 fully saturated rings. The zero-order valence-corrected chi connectivity index (χ0v) is 13.8. The van der Waals surface area contributed by atoms with Crippen LogP contribution in [0.1, 0.15) is 38.8 Å². The molecule has 0 saturated carbocycles. The Balaban J connectivity index is 2.95. The molecule has 19 heavy (non-hydrogen) atoms. The van der Waals surface area contributed by atoms with Gasteiger partial charge in [0.05, 0.1) is 0 Å². The van der Waals surface area contributed by atoms with Gasteiger partial charge >= 0.3 is 0 Å². The van der Waals surface area contributed by atoms with Gasteiger partial charge in [0.2, 0.25) is 0 Å². The average molecular weight is 279 g/mol. The van der Waals surface area contributed by atoms with Crippen molar-refractivity contribution in [3.05, 3.63) is 35.4 Å². The highest BCUT2D eigenvalue weighted by molar-refractivity contribution is 7.57. The second-order valence-corrected chi connectivity index (χ2v) is 8.36. The van der Waals surface area contributed by atoms with Crippen LogP contribution in [-0.2, 0) is 0 Å². The number of amidine groups is 1. The van der Waals surface area contributed by atoms with Gasteiger partial charge in [-0.3, -0.25) is 0 Å². The Morgan fingerprint density at radius 1 is 1.05 bits per heavy atom.